The molecule has 2 atom stereocenters. The number of likely N-dealkylation sites (tertiary alicyclic amines) is 1. The molecule has 0 aliphatic carbocycles. The zero-order chi connectivity index (χ0) is 16.8. The standard InChI is InChI=1S/C15H24N4O3S/c1-12(20)18-8-4-6-13-15(18,2)7-5-9-19(13)23(21,22)14-10-17(3)11-16-14/h10-11,13H,4-9H2,1-3H3/t13-,15-/m0/s1. The van der Waals surface area contributed by atoms with Crippen LogP contribution < -0.4 is 0 Å². The summed E-state index contributed by atoms with van der Waals surface area (Å²) < 4.78 is 29.3. The monoisotopic (exact) mass is 340 g/mol. The van der Waals surface area contributed by atoms with Crippen LogP contribution in [-0.2, 0) is 21.9 Å². The lowest BCUT2D eigenvalue weighted by atomic mass is 9.77. The van der Waals surface area contributed by atoms with E-state index in [4.69, 9.17) is 0 Å². The molecule has 0 unspecified atom stereocenters. The molecule has 0 spiro atoms. The normalized spacial score (nSPS) is 29.3. The number of carbonyl (C=O) groups is 1. The van der Waals surface area contributed by atoms with Crippen LogP contribution in [0.4, 0.5) is 0 Å². The lowest BCUT2D eigenvalue weighted by Crippen LogP contribution is -2.67. The van der Waals surface area contributed by atoms with Gasteiger partial charge in [-0.15, -0.1) is 0 Å². The molecule has 23 heavy (non-hydrogen) atoms. The Hall–Kier alpha value is -1.41. The van der Waals surface area contributed by atoms with Crippen LogP contribution in [0.2, 0.25) is 0 Å². The third-order valence-corrected chi connectivity index (χ3v) is 7.03. The second-order valence-electron chi connectivity index (χ2n) is 6.78. The summed E-state index contributed by atoms with van der Waals surface area (Å²) in [4.78, 5) is 17.9. The Kier molecular flexibility index (Phi) is 4.00. The number of imidazole rings is 1. The lowest BCUT2D eigenvalue weighted by Gasteiger charge is -2.55. The van der Waals surface area contributed by atoms with Crippen molar-refractivity contribution in [3.63, 3.8) is 0 Å². The average Bonchev–Trinajstić information content (AvgIpc) is 2.92. The van der Waals surface area contributed by atoms with Crippen LogP contribution in [0.3, 0.4) is 0 Å². The van der Waals surface area contributed by atoms with E-state index in [-0.39, 0.29) is 17.0 Å². The molecule has 2 aliphatic heterocycles. The van der Waals surface area contributed by atoms with Gasteiger partial charge in [0.25, 0.3) is 10.0 Å². The third kappa shape index (κ3) is 2.57. The number of sulfonamides is 1. The van der Waals surface area contributed by atoms with Crippen LogP contribution in [0.15, 0.2) is 17.6 Å². The van der Waals surface area contributed by atoms with Crippen molar-refractivity contribution in [3.8, 4) is 0 Å². The topological polar surface area (TPSA) is 75.5 Å². The number of aryl methyl sites for hydroxylation is 1. The van der Waals surface area contributed by atoms with E-state index in [0.717, 1.165) is 25.7 Å². The molecule has 1 aromatic heterocycles. The Morgan fingerprint density at radius 1 is 1.35 bits per heavy atom. The Morgan fingerprint density at radius 3 is 2.70 bits per heavy atom. The van der Waals surface area contributed by atoms with Crippen LogP contribution in [0.5, 0.6) is 0 Å². The van der Waals surface area contributed by atoms with Crippen molar-refractivity contribution in [2.24, 2.45) is 7.05 Å². The molecule has 0 aromatic carbocycles. The van der Waals surface area contributed by atoms with Crippen molar-refractivity contribution in [1.29, 1.82) is 0 Å². The van der Waals surface area contributed by atoms with Gasteiger partial charge >= 0.3 is 0 Å². The van der Waals surface area contributed by atoms with Gasteiger partial charge < -0.3 is 9.47 Å². The summed E-state index contributed by atoms with van der Waals surface area (Å²) in [6.07, 6.45) is 6.24. The quantitative estimate of drug-likeness (QED) is 0.804. The van der Waals surface area contributed by atoms with Gasteiger partial charge in [0, 0.05) is 39.3 Å². The van der Waals surface area contributed by atoms with Gasteiger partial charge in [0.1, 0.15) is 0 Å². The summed E-state index contributed by atoms with van der Waals surface area (Å²) in [6, 6.07) is -0.180. The molecule has 2 fully saturated rings. The summed E-state index contributed by atoms with van der Waals surface area (Å²) in [5.41, 5.74) is -0.426. The number of aromatic nitrogens is 2. The highest BCUT2D eigenvalue weighted by molar-refractivity contribution is 7.89. The Labute approximate surface area is 137 Å². The van der Waals surface area contributed by atoms with Crippen molar-refractivity contribution in [3.05, 3.63) is 12.5 Å². The first-order chi connectivity index (χ1) is 10.8. The summed E-state index contributed by atoms with van der Waals surface area (Å²) in [5.74, 6) is 0.0225. The summed E-state index contributed by atoms with van der Waals surface area (Å²) in [5, 5.41) is 0.0872. The minimum Gasteiger partial charge on any atom is -0.339 e. The molecule has 8 heteroatoms. The number of carbonyl (C=O) groups excluding carboxylic acids is 1. The maximum absolute atomic E-state index is 13.0. The van der Waals surface area contributed by atoms with E-state index < -0.39 is 15.6 Å². The molecule has 2 saturated heterocycles. The van der Waals surface area contributed by atoms with E-state index in [9.17, 15) is 13.2 Å². The molecule has 0 saturated carbocycles. The SMILES string of the molecule is CC(=O)N1CCC[C@@H]2N(S(=O)(=O)c3cn(C)cn3)CCC[C@@]21C. The molecule has 0 radical (unpaired) electrons. The van der Waals surface area contributed by atoms with Gasteiger partial charge in [-0.2, -0.15) is 4.31 Å². The minimum atomic E-state index is -3.64. The number of hydrogen-bond donors (Lipinski definition) is 0. The van der Waals surface area contributed by atoms with E-state index in [1.54, 1.807) is 22.8 Å². The Balaban J connectivity index is 1.99. The predicted octanol–water partition coefficient (Wildman–Crippen LogP) is 0.974. The zero-order valence-electron chi connectivity index (χ0n) is 13.9. The molecule has 3 rings (SSSR count). The molecular formula is C15H24N4O3S. The molecule has 1 amide bonds. The fourth-order valence-corrected chi connectivity index (χ4v) is 5.90. The van der Waals surface area contributed by atoms with Crippen molar-refractivity contribution in [1.82, 2.24) is 18.8 Å². The van der Waals surface area contributed by atoms with Gasteiger partial charge in [-0.3, -0.25) is 4.79 Å². The second-order valence-corrected chi connectivity index (χ2v) is 8.62. The van der Waals surface area contributed by atoms with Crippen molar-refractivity contribution >= 4 is 15.9 Å². The van der Waals surface area contributed by atoms with Crippen LogP contribution in [0.25, 0.3) is 0 Å². The third-order valence-electron chi connectivity index (χ3n) is 5.24. The number of amides is 1. The fraction of sp³-hybridized carbons (Fsp3) is 0.733. The average molecular weight is 340 g/mol. The van der Waals surface area contributed by atoms with Gasteiger partial charge in [0.05, 0.1) is 11.9 Å². The van der Waals surface area contributed by atoms with E-state index in [2.05, 4.69) is 4.98 Å². The van der Waals surface area contributed by atoms with Gasteiger partial charge in [0.2, 0.25) is 5.91 Å². The first-order valence-corrected chi connectivity index (χ1v) is 9.49. The smallest absolute Gasteiger partial charge is 0.262 e. The second kappa shape index (κ2) is 5.59. The lowest BCUT2D eigenvalue weighted by molar-refractivity contribution is -0.142. The first kappa shape index (κ1) is 16.4. The number of rotatable bonds is 2. The molecule has 1 aromatic rings. The number of piperidine rings is 2. The van der Waals surface area contributed by atoms with Crippen LogP contribution in [-0.4, -0.2) is 57.8 Å². The molecule has 0 bridgehead atoms. The predicted molar refractivity (Wildman–Crippen MR) is 85.1 cm³/mol. The Morgan fingerprint density at radius 2 is 2.09 bits per heavy atom. The molecular weight excluding hydrogens is 316 g/mol. The van der Waals surface area contributed by atoms with E-state index in [0.29, 0.717) is 13.1 Å². The van der Waals surface area contributed by atoms with Crippen molar-refractivity contribution in [2.75, 3.05) is 13.1 Å². The summed E-state index contributed by atoms with van der Waals surface area (Å²) in [7, 11) is -1.88. The van der Waals surface area contributed by atoms with Gasteiger partial charge in [-0.05, 0) is 32.6 Å². The van der Waals surface area contributed by atoms with E-state index in [1.807, 2.05) is 11.8 Å². The minimum absolute atomic E-state index is 0.0225. The summed E-state index contributed by atoms with van der Waals surface area (Å²) in [6.45, 7) is 4.79. The number of nitrogens with zero attached hydrogens (tertiary/aromatic N) is 4. The number of hydrogen-bond acceptors (Lipinski definition) is 4. The fourth-order valence-electron chi connectivity index (χ4n) is 4.14. The van der Waals surface area contributed by atoms with Crippen molar-refractivity contribution < 1.29 is 13.2 Å². The maximum Gasteiger partial charge on any atom is 0.262 e. The Bertz CT molecular complexity index is 714. The molecule has 128 valence electrons. The first-order valence-electron chi connectivity index (χ1n) is 8.05. The van der Waals surface area contributed by atoms with Crippen LogP contribution in [0, 0.1) is 0 Å². The highest BCUT2D eigenvalue weighted by Gasteiger charge is 2.51. The highest BCUT2D eigenvalue weighted by atomic mass is 32.2. The van der Waals surface area contributed by atoms with E-state index >= 15 is 0 Å². The molecule has 2 aliphatic rings. The van der Waals surface area contributed by atoms with Gasteiger partial charge in [0.15, 0.2) is 5.03 Å². The van der Waals surface area contributed by atoms with Crippen LogP contribution in [0.1, 0.15) is 39.5 Å². The molecule has 0 N–H and O–H groups in total. The largest absolute Gasteiger partial charge is 0.339 e. The number of fused-ring (bicyclic) bond motifs is 1. The van der Waals surface area contributed by atoms with Gasteiger partial charge in [-0.1, -0.05) is 0 Å². The van der Waals surface area contributed by atoms with Crippen LogP contribution >= 0.6 is 0 Å². The molecule has 3 heterocycles. The summed E-state index contributed by atoms with van der Waals surface area (Å²) >= 11 is 0. The van der Waals surface area contributed by atoms with Crippen molar-refractivity contribution in [2.45, 2.75) is 56.1 Å². The maximum atomic E-state index is 13.0. The molecule has 7 nitrogen and oxygen atoms in total. The van der Waals surface area contributed by atoms with Gasteiger partial charge in [-0.25, -0.2) is 13.4 Å². The zero-order valence-corrected chi connectivity index (χ0v) is 14.7. The van der Waals surface area contributed by atoms with E-state index in [1.165, 1.54) is 12.5 Å². The highest BCUT2D eigenvalue weighted by Crippen LogP contribution is 2.41.